The van der Waals surface area contributed by atoms with Crippen LogP contribution in [-0.4, -0.2) is 42.0 Å². The van der Waals surface area contributed by atoms with E-state index in [4.69, 9.17) is 0 Å². The first-order valence-corrected chi connectivity index (χ1v) is 5.98. The minimum Gasteiger partial charge on any atom is -0.377 e. The van der Waals surface area contributed by atoms with Crippen molar-refractivity contribution in [3.8, 4) is 0 Å². The van der Waals surface area contributed by atoms with Crippen LogP contribution in [0.2, 0.25) is 6.04 Å². The van der Waals surface area contributed by atoms with E-state index in [2.05, 4.69) is 13.3 Å². The molecule has 8 heteroatoms. The fourth-order valence-electron chi connectivity index (χ4n) is 0.894. The van der Waals surface area contributed by atoms with Crippen molar-refractivity contribution in [3.05, 3.63) is 0 Å². The maximum absolute atomic E-state index is 13.0. The van der Waals surface area contributed by atoms with E-state index in [1.165, 1.54) is 0 Å². The molecule has 0 aromatic rings. The van der Waals surface area contributed by atoms with Crippen LogP contribution >= 0.6 is 0 Å². The lowest BCUT2D eigenvalue weighted by Gasteiger charge is -2.30. The van der Waals surface area contributed by atoms with Gasteiger partial charge in [-0.05, 0) is 0 Å². The van der Waals surface area contributed by atoms with Crippen LogP contribution in [0.25, 0.3) is 0 Å². The standard InChI is InChI=1S/C7H14F4O3Si/c1-6(8,9)7(10,11)5-15(12-2,13-3)14-4/h5H2,1-4H3. The molecule has 0 unspecified atom stereocenters. The highest BCUT2D eigenvalue weighted by atomic mass is 28.4. The molecule has 0 aliphatic heterocycles. The van der Waals surface area contributed by atoms with Gasteiger partial charge in [0.2, 0.25) is 0 Å². The number of hydrogen-bond donors (Lipinski definition) is 0. The van der Waals surface area contributed by atoms with Crippen molar-refractivity contribution >= 4 is 8.80 Å². The Kier molecular flexibility index (Phi) is 4.71. The first kappa shape index (κ1) is 14.8. The molecule has 0 saturated heterocycles. The second-order valence-corrected chi connectivity index (χ2v) is 6.01. The van der Waals surface area contributed by atoms with Crippen LogP contribution in [0.3, 0.4) is 0 Å². The fourth-order valence-corrected chi connectivity index (χ4v) is 2.68. The molecular weight excluding hydrogens is 236 g/mol. The average Bonchev–Trinajstić information content (AvgIpc) is 2.12. The number of rotatable bonds is 6. The van der Waals surface area contributed by atoms with Gasteiger partial charge in [0, 0.05) is 28.3 Å². The Hall–Kier alpha value is -0.183. The summed E-state index contributed by atoms with van der Waals surface area (Å²) in [6, 6.07) is -1.26. The van der Waals surface area contributed by atoms with Gasteiger partial charge in [-0.25, -0.2) is 8.78 Å². The monoisotopic (exact) mass is 250 g/mol. The molecule has 15 heavy (non-hydrogen) atoms. The van der Waals surface area contributed by atoms with E-state index < -0.39 is 26.7 Å². The molecule has 0 fully saturated rings. The third-order valence-corrected chi connectivity index (χ3v) is 4.76. The normalized spacial score (nSPS) is 14.4. The molecule has 0 spiro atoms. The Labute approximate surface area is 86.7 Å². The SMILES string of the molecule is CO[Si](CC(F)(F)C(C)(F)F)(OC)OC. The maximum atomic E-state index is 13.0. The van der Waals surface area contributed by atoms with Gasteiger partial charge in [0.15, 0.2) is 0 Å². The van der Waals surface area contributed by atoms with Gasteiger partial charge in [0.05, 0.1) is 6.04 Å². The zero-order chi connectivity index (χ0) is 12.3. The van der Waals surface area contributed by atoms with Crippen molar-refractivity contribution in [1.82, 2.24) is 0 Å². The number of halogens is 4. The molecule has 0 atom stereocenters. The summed E-state index contributed by atoms with van der Waals surface area (Å²) in [4.78, 5) is 0. The lowest BCUT2D eigenvalue weighted by molar-refractivity contribution is -0.191. The lowest BCUT2D eigenvalue weighted by Crippen LogP contribution is -2.52. The van der Waals surface area contributed by atoms with E-state index in [-0.39, 0.29) is 6.92 Å². The Bertz CT molecular complexity index is 195. The van der Waals surface area contributed by atoms with Gasteiger partial charge < -0.3 is 13.3 Å². The Morgan fingerprint density at radius 2 is 1.27 bits per heavy atom. The van der Waals surface area contributed by atoms with Crippen molar-refractivity contribution < 1.29 is 30.8 Å². The van der Waals surface area contributed by atoms with Crippen LogP contribution < -0.4 is 0 Å². The minimum atomic E-state index is -4.22. The lowest BCUT2D eigenvalue weighted by atomic mass is 10.2. The Morgan fingerprint density at radius 1 is 0.933 bits per heavy atom. The van der Waals surface area contributed by atoms with E-state index in [9.17, 15) is 17.6 Å². The highest BCUT2D eigenvalue weighted by molar-refractivity contribution is 6.60. The quantitative estimate of drug-likeness (QED) is 0.534. The van der Waals surface area contributed by atoms with Crippen molar-refractivity contribution in [1.29, 1.82) is 0 Å². The molecule has 0 aliphatic rings. The largest absolute Gasteiger partial charge is 0.506 e. The minimum absolute atomic E-state index is 0.146. The summed E-state index contributed by atoms with van der Waals surface area (Å²) in [5, 5.41) is 0. The smallest absolute Gasteiger partial charge is 0.377 e. The molecule has 3 nitrogen and oxygen atoms in total. The van der Waals surface area contributed by atoms with Gasteiger partial charge in [-0.15, -0.1) is 0 Å². The van der Waals surface area contributed by atoms with Crippen LogP contribution in [0, 0.1) is 0 Å². The third kappa shape index (κ3) is 3.40. The molecule has 0 bridgehead atoms. The zero-order valence-corrected chi connectivity index (χ0v) is 9.94. The molecule has 0 saturated carbocycles. The second-order valence-electron chi connectivity index (χ2n) is 3.06. The van der Waals surface area contributed by atoms with Crippen LogP contribution in [0.4, 0.5) is 17.6 Å². The molecule has 0 N–H and O–H groups in total. The second kappa shape index (κ2) is 4.77. The van der Waals surface area contributed by atoms with Gasteiger partial charge in [-0.2, -0.15) is 8.78 Å². The molecule has 0 aromatic heterocycles. The third-order valence-electron chi connectivity index (χ3n) is 2.01. The highest BCUT2D eigenvalue weighted by Gasteiger charge is 2.60. The first-order chi connectivity index (χ1) is 6.64. The summed E-state index contributed by atoms with van der Waals surface area (Å²) in [5.41, 5.74) is 0. The summed E-state index contributed by atoms with van der Waals surface area (Å²) >= 11 is 0. The molecule has 0 heterocycles. The molecular formula is C7H14F4O3Si. The van der Waals surface area contributed by atoms with E-state index in [0.717, 1.165) is 21.3 Å². The van der Waals surface area contributed by atoms with E-state index in [1.54, 1.807) is 0 Å². The Balaban J connectivity index is 4.82. The molecule has 0 rings (SSSR count). The molecule has 0 aromatic carbocycles. The van der Waals surface area contributed by atoms with Crippen LogP contribution in [0.15, 0.2) is 0 Å². The van der Waals surface area contributed by atoms with Crippen LogP contribution in [0.1, 0.15) is 6.92 Å². The van der Waals surface area contributed by atoms with Gasteiger partial charge in [-0.3, -0.25) is 0 Å². The molecule has 92 valence electrons. The zero-order valence-electron chi connectivity index (χ0n) is 8.94. The van der Waals surface area contributed by atoms with Gasteiger partial charge in [0.1, 0.15) is 0 Å². The topological polar surface area (TPSA) is 27.7 Å². The maximum Gasteiger partial charge on any atom is 0.506 e. The fraction of sp³-hybridized carbons (Fsp3) is 1.00. The van der Waals surface area contributed by atoms with Gasteiger partial charge in [0.25, 0.3) is 0 Å². The van der Waals surface area contributed by atoms with E-state index in [1.807, 2.05) is 0 Å². The van der Waals surface area contributed by atoms with Gasteiger partial charge in [-0.1, -0.05) is 0 Å². The van der Waals surface area contributed by atoms with Crippen LogP contribution in [0.5, 0.6) is 0 Å². The van der Waals surface area contributed by atoms with Crippen LogP contribution in [-0.2, 0) is 13.3 Å². The average molecular weight is 250 g/mol. The predicted octanol–water partition coefficient (Wildman–Crippen LogP) is 2.16. The van der Waals surface area contributed by atoms with Crippen molar-refractivity contribution in [3.63, 3.8) is 0 Å². The van der Waals surface area contributed by atoms with Crippen molar-refractivity contribution in [2.75, 3.05) is 21.3 Å². The summed E-state index contributed by atoms with van der Waals surface area (Å²) in [7, 11) is -0.433. The van der Waals surface area contributed by atoms with Crippen molar-refractivity contribution in [2.45, 2.75) is 24.8 Å². The van der Waals surface area contributed by atoms with E-state index >= 15 is 0 Å². The summed E-state index contributed by atoms with van der Waals surface area (Å²) in [6.07, 6.45) is 0. The van der Waals surface area contributed by atoms with Crippen molar-refractivity contribution in [2.24, 2.45) is 0 Å². The first-order valence-electron chi connectivity index (χ1n) is 4.05. The molecule has 0 aliphatic carbocycles. The molecule has 0 amide bonds. The van der Waals surface area contributed by atoms with E-state index in [0.29, 0.717) is 0 Å². The highest BCUT2D eigenvalue weighted by Crippen LogP contribution is 2.40. The molecule has 0 radical (unpaired) electrons. The Morgan fingerprint density at radius 3 is 1.47 bits per heavy atom. The summed E-state index contributed by atoms with van der Waals surface area (Å²) in [6.45, 7) is 0.146. The predicted molar refractivity (Wildman–Crippen MR) is 47.2 cm³/mol. The summed E-state index contributed by atoms with van der Waals surface area (Å²) in [5.74, 6) is -8.36. The number of hydrogen-bond acceptors (Lipinski definition) is 3. The summed E-state index contributed by atoms with van der Waals surface area (Å²) < 4.78 is 65.1. The van der Waals surface area contributed by atoms with Gasteiger partial charge >= 0.3 is 20.6 Å². The number of alkyl halides is 4.